The molecule has 0 aliphatic heterocycles. The number of carbonyl (C=O) groups is 2. The smallest absolute Gasteiger partial charge is 0.252 e. The molecule has 1 atom stereocenters. The van der Waals surface area contributed by atoms with Crippen LogP contribution in [0.15, 0.2) is 42.5 Å². The van der Waals surface area contributed by atoms with Gasteiger partial charge in [0, 0.05) is 5.56 Å². The van der Waals surface area contributed by atoms with E-state index in [0.29, 0.717) is 5.56 Å². The molecule has 92 valence electrons. The quantitative estimate of drug-likeness (QED) is 0.854. The number of rotatable bonds is 3. The summed E-state index contributed by atoms with van der Waals surface area (Å²) in [7, 11) is 0. The number of primary amides is 1. The van der Waals surface area contributed by atoms with Gasteiger partial charge in [0.1, 0.15) is 6.04 Å². The summed E-state index contributed by atoms with van der Waals surface area (Å²) in [5.74, 6) is -0.846. The molecule has 2 aromatic carbocycles. The Kier molecular flexibility index (Phi) is 3.28. The van der Waals surface area contributed by atoms with Crippen LogP contribution in [0, 0.1) is 0 Å². The lowest BCUT2D eigenvalue weighted by Gasteiger charge is -2.11. The van der Waals surface area contributed by atoms with Crippen molar-refractivity contribution >= 4 is 22.6 Å². The van der Waals surface area contributed by atoms with Gasteiger partial charge in [-0.3, -0.25) is 9.59 Å². The average molecular weight is 242 g/mol. The lowest BCUT2D eigenvalue weighted by molar-refractivity contribution is -0.119. The van der Waals surface area contributed by atoms with E-state index < -0.39 is 11.9 Å². The van der Waals surface area contributed by atoms with Crippen molar-refractivity contribution in [3.05, 3.63) is 48.0 Å². The van der Waals surface area contributed by atoms with Crippen molar-refractivity contribution in [2.45, 2.75) is 13.0 Å². The van der Waals surface area contributed by atoms with Crippen LogP contribution in [0.5, 0.6) is 0 Å². The number of benzene rings is 2. The van der Waals surface area contributed by atoms with Gasteiger partial charge >= 0.3 is 0 Å². The monoisotopic (exact) mass is 242 g/mol. The van der Waals surface area contributed by atoms with Crippen LogP contribution in [0.2, 0.25) is 0 Å². The van der Waals surface area contributed by atoms with E-state index in [0.717, 1.165) is 10.8 Å². The van der Waals surface area contributed by atoms with E-state index in [1.54, 1.807) is 13.0 Å². The number of hydrogen-bond donors (Lipinski definition) is 2. The van der Waals surface area contributed by atoms with Crippen molar-refractivity contribution < 1.29 is 9.59 Å². The normalized spacial score (nSPS) is 12.1. The maximum absolute atomic E-state index is 12.1. The van der Waals surface area contributed by atoms with Gasteiger partial charge in [0.25, 0.3) is 5.91 Å². The van der Waals surface area contributed by atoms with Crippen molar-refractivity contribution in [1.29, 1.82) is 0 Å². The van der Waals surface area contributed by atoms with Crippen molar-refractivity contribution in [1.82, 2.24) is 5.32 Å². The predicted molar refractivity (Wildman–Crippen MR) is 70.1 cm³/mol. The van der Waals surface area contributed by atoms with Crippen molar-refractivity contribution in [2.75, 3.05) is 0 Å². The van der Waals surface area contributed by atoms with E-state index in [1.807, 2.05) is 36.4 Å². The third kappa shape index (κ3) is 2.32. The lowest BCUT2D eigenvalue weighted by atomic mass is 10.0. The number of hydrogen-bond acceptors (Lipinski definition) is 2. The highest BCUT2D eigenvalue weighted by Crippen LogP contribution is 2.18. The van der Waals surface area contributed by atoms with E-state index in [9.17, 15) is 9.59 Å². The topological polar surface area (TPSA) is 72.2 Å². The molecule has 18 heavy (non-hydrogen) atoms. The van der Waals surface area contributed by atoms with Gasteiger partial charge in [0.15, 0.2) is 0 Å². The Hall–Kier alpha value is -2.36. The summed E-state index contributed by atoms with van der Waals surface area (Å²) in [6, 6.07) is 12.4. The van der Waals surface area contributed by atoms with Crippen LogP contribution in [-0.2, 0) is 4.79 Å². The van der Waals surface area contributed by atoms with E-state index in [1.165, 1.54) is 0 Å². The molecule has 4 nitrogen and oxygen atoms in total. The fourth-order valence-electron chi connectivity index (χ4n) is 1.77. The zero-order valence-electron chi connectivity index (χ0n) is 10.0. The van der Waals surface area contributed by atoms with Gasteiger partial charge < -0.3 is 11.1 Å². The second-order valence-electron chi connectivity index (χ2n) is 4.12. The number of nitrogens with one attached hydrogen (secondary N) is 1. The Labute approximate surface area is 105 Å². The molecule has 0 spiro atoms. The summed E-state index contributed by atoms with van der Waals surface area (Å²) in [5.41, 5.74) is 5.66. The van der Waals surface area contributed by atoms with E-state index in [2.05, 4.69) is 5.32 Å². The summed E-state index contributed by atoms with van der Waals surface area (Å²) in [4.78, 5) is 23.0. The molecule has 0 heterocycles. The molecule has 0 saturated carbocycles. The number of fused-ring (bicyclic) bond motifs is 1. The van der Waals surface area contributed by atoms with Gasteiger partial charge in [-0.05, 0) is 23.8 Å². The van der Waals surface area contributed by atoms with Gasteiger partial charge in [0.2, 0.25) is 5.91 Å². The minimum Gasteiger partial charge on any atom is -0.368 e. The second kappa shape index (κ2) is 4.87. The molecule has 0 aromatic heterocycles. The van der Waals surface area contributed by atoms with Crippen LogP contribution < -0.4 is 11.1 Å². The molecule has 0 unspecified atom stereocenters. The summed E-state index contributed by atoms with van der Waals surface area (Å²) in [6.07, 6.45) is 0. The molecule has 2 rings (SSSR count). The van der Waals surface area contributed by atoms with Gasteiger partial charge in [-0.1, -0.05) is 36.4 Å². The first-order valence-electron chi connectivity index (χ1n) is 5.67. The minimum atomic E-state index is -0.684. The number of carbonyl (C=O) groups excluding carboxylic acids is 2. The molecule has 2 aromatic rings. The Balaban J connectivity index is 2.36. The van der Waals surface area contributed by atoms with Gasteiger partial charge in [-0.25, -0.2) is 0 Å². The Morgan fingerprint density at radius 3 is 2.50 bits per heavy atom. The molecule has 2 amide bonds. The maximum atomic E-state index is 12.1. The minimum absolute atomic E-state index is 0.293. The molecular formula is C14H14N2O2. The van der Waals surface area contributed by atoms with Crippen molar-refractivity contribution in [3.8, 4) is 0 Å². The Bertz CT molecular complexity index is 602. The molecule has 0 radical (unpaired) electrons. The summed E-state index contributed by atoms with van der Waals surface area (Å²) in [6.45, 7) is 1.56. The zero-order chi connectivity index (χ0) is 13.1. The third-order valence-corrected chi connectivity index (χ3v) is 2.81. The van der Waals surface area contributed by atoms with Crippen LogP contribution in [0.4, 0.5) is 0 Å². The van der Waals surface area contributed by atoms with Crippen LogP contribution in [0.3, 0.4) is 0 Å². The highest BCUT2D eigenvalue weighted by Gasteiger charge is 2.15. The first-order chi connectivity index (χ1) is 8.59. The molecule has 0 aliphatic rings. The molecule has 3 N–H and O–H groups in total. The van der Waals surface area contributed by atoms with Crippen LogP contribution >= 0.6 is 0 Å². The second-order valence-corrected chi connectivity index (χ2v) is 4.12. The van der Waals surface area contributed by atoms with E-state index in [4.69, 9.17) is 5.73 Å². The fourth-order valence-corrected chi connectivity index (χ4v) is 1.77. The van der Waals surface area contributed by atoms with E-state index in [-0.39, 0.29) is 5.91 Å². The first-order valence-corrected chi connectivity index (χ1v) is 5.67. The van der Waals surface area contributed by atoms with Gasteiger partial charge in [0.05, 0.1) is 0 Å². The van der Waals surface area contributed by atoms with Gasteiger partial charge in [-0.2, -0.15) is 0 Å². The van der Waals surface area contributed by atoms with Crippen molar-refractivity contribution in [3.63, 3.8) is 0 Å². The van der Waals surface area contributed by atoms with Crippen molar-refractivity contribution in [2.24, 2.45) is 5.73 Å². The SMILES string of the molecule is C[C@@H](NC(=O)c1cccc2ccccc12)C(N)=O. The first kappa shape index (κ1) is 12.1. The zero-order valence-corrected chi connectivity index (χ0v) is 10.0. The highest BCUT2D eigenvalue weighted by molar-refractivity contribution is 6.08. The number of nitrogens with two attached hydrogens (primary N) is 1. The number of amides is 2. The average Bonchev–Trinajstić information content (AvgIpc) is 2.37. The lowest BCUT2D eigenvalue weighted by Crippen LogP contribution is -2.42. The molecule has 0 bridgehead atoms. The third-order valence-electron chi connectivity index (χ3n) is 2.81. The van der Waals surface area contributed by atoms with Crippen LogP contribution in [-0.4, -0.2) is 17.9 Å². The molecule has 4 heteroatoms. The standard InChI is InChI=1S/C14H14N2O2/c1-9(13(15)17)16-14(18)12-8-4-6-10-5-2-3-7-11(10)12/h2-9H,1H3,(H2,15,17)(H,16,18)/t9-/m1/s1. The van der Waals surface area contributed by atoms with Crippen LogP contribution in [0.25, 0.3) is 10.8 Å². The Morgan fingerprint density at radius 2 is 1.78 bits per heavy atom. The van der Waals surface area contributed by atoms with Crippen LogP contribution in [0.1, 0.15) is 17.3 Å². The summed E-state index contributed by atoms with van der Waals surface area (Å²) < 4.78 is 0. The summed E-state index contributed by atoms with van der Waals surface area (Å²) >= 11 is 0. The molecule has 0 saturated heterocycles. The summed E-state index contributed by atoms with van der Waals surface area (Å²) in [5, 5.41) is 4.41. The molecule has 0 fully saturated rings. The predicted octanol–water partition coefficient (Wildman–Crippen LogP) is 1.44. The van der Waals surface area contributed by atoms with E-state index >= 15 is 0 Å². The van der Waals surface area contributed by atoms with Gasteiger partial charge in [-0.15, -0.1) is 0 Å². The highest BCUT2D eigenvalue weighted by atomic mass is 16.2. The largest absolute Gasteiger partial charge is 0.368 e. The Morgan fingerprint density at radius 1 is 1.11 bits per heavy atom. The maximum Gasteiger partial charge on any atom is 0.252 e. The fraction of sp³-hybridized carbons (Fsp3) is 0.143. The molecule has 0 aliphatic carbocycles. The molecular weight excluding hydrogens is 228 g/mol.